The monoisotopic (exact) mass is 414 g/mol. The molecule has 1 atom stereocenters. The van der Waals surface area contributed by atoms with Gasteiger partial charge in [0.15, 0.2) is 6.61 Å². The molecule has 1 N–H and O–H groups in total. The molecule has 0 aliphatic carbocycles. The van der Waals surface area contributed by atoms with Crippen LogP contribution in [0, 0.1) is 12.7 Å². The lowest BCUT2D eigenvalue weighted by Crippen LogP contribution is -2.54. The molecule has 0 unspecified atom stereocenters. The van der Waals surface area contributed by atoms with Crippen molar-refractivity contribution in [2.75, 3.05) is 6.61 Å². The molecule has 0 saturated carbocycles. The van der Waals surface area contributed by atoms with E-state index in [0.29, 0.717) is 18.7 Å². The molecule has 0 aliphatic rings. The largest absolute Gasteiger partial charge is 0.484 e. The van der Waals surface area contributed by atoms with Crippen LogP contribution in [0.15, 0.2) is 48.5 Å². The second kappa shape index (κ2) is 10.2. The van der Waals surface area contributed by atoms with Gasteiger partial charge in [-0.1, -0.05) is 36.8 Å². The fraction of sp³-hybridized carbons (Fsp3) is 0.417. The smallest absolute Gasteiger partial charge is 0.261 e. The summed E-state index contributed by atoms with van der Waals surface area (Å²) in [6.45, 7) is 9.63. The van der Waals surface area contributed by atoms with E-state index in [2.05, 4.69) is 5.32 Å². The fourth-order valence-corrected chi connectivity index (χ4v) is 3.14. The van der Waals surface area contributed by atoms with E-state index in [1.807, 2.05) is 58.9 Å². The molecule has 0 heterocycles. The normalized spacial score (nSPS) is 12.2. The quantitative estimate of drug-likeness (QED) is 0.703. The van der Waals surface area contributed by atoms with E-state index in [0.717, 1.165) is 11.1 Å². The maximum atomic E-state index is 13.1. The summed E-state index contributed by atoms with van der Waals surface area (Å²) in [5, 5.41) is 2.97. The molecular formula is C24H31FN2O3. The predicted octanol–water partition coefficient (Wildman–Crippen LogP) is 4.24. The van der Waals surface area contributed by atoms with E-state index in [4.69, 9.17) is 4.74 Å². The van der Waals surface area contributed by atoms with Crippen molar-refractivity contribution in [1.29, 1.82) is 0 Å². The van der Waals surface area contributed by atoms with Crippen LogP contribution in [0.3, 0.4) is 0 Å². The van der Waals surface area contributed by atoms with Crippen LogP contribution in [0.5, 0.6) is 5.75 Å². The average molecular weight is 415 g/mol. The Morgan fingerprint density at radius 3 is 2.37 bits per heavy atom. The zero-order valence-electron chi connectivity index (χ0n) is 18.4. The molecule has 0 saturated heterocycles. The number of rotatable bonds is 8. The number of hydrogen-bond acceptors (Lipinski definition) is 3. The molecule has 0 bridgehead atoms. The minimum Gasteiger partial charge on any atom is -0.484 e. The van der Waals surface area contributed by atoms with Crippen LogP contribution in [0.4, 0.5) is 4.39 Å². The van der Waals surface area contributed by atoms with Crippen molar-refractivity contribution in [3.63, 3.8) is 0 Å². The average Bonchev–Trinajstić information content (AvgIpc) is 2.66. The molecule has 30 heavy (non-hydrogen) atoms. The number of nitrogens with zero attached hydrogens (tertiary/aromatic N) is 1. The number of carbonyl (C=O) groups is 2. The number of nitrogens with one attached hydrogen (secondary N) is 1. The molecule has 0 fully saturated rings. The molecule has 2 amide bonds. The van der Waals surface area contributed by atoms with Gasteiger partial charge in [0.25, 0.3) is 5.91 Å². The molecule has 5 nitrogen and oxygen atoms in total. The highest BCUT2D eigenvalue weighted by Gasteiger charge is 2.30. The lowest BCUT2D eigenvalue weighted by atomic mass is 10.1. The van der Waals surface area contributed by atoms with Crippen molar-refractivity contribution in [3.8, 4) is 5.75 Å². The summed E-state index contributed by atoms with van der Waals surface area (Å²) in [7, 11) is 0. The van der Waals surface area contributed by atoms with Gasteiger partial charge in [-0.25, -0.2) is 4.39 Å². The third-order valence-corrected chi connectivity index (χ3v) is 4.50. The van der Waals surface area contributed by atoms with Crippen molar-refractivity contribution in [3.05, 3.63) is 65.5 Å². The maximum Gasteiger partial charge on any atom is 0.261 e. The molecule has 0 radical (unpaired) electrons. The van der Waals surface area contributed by atoms with E-state index in [1.54, 1.807) is 4.90 Å². The first-order chi connectivity index (χ1) is 14.1. The topological polar surface area (TPSA) is 58.6 Å². The second-order valence-electron chi connectivity index (χ2n) is 8.42. The van der Waals surface area contributed by atoms with Gasteiger partial charge in [-0.3, -0.25) is 9.59 Å². The number of aryl methyl sites for hydroxylation is 1. The number of hydrogen-bond donors (Lipinski definition) is 1. The molecule has 2 aromatic rings. The zero-order valence-corrected chi connectivity index (χ0v) is 18.4. The number of amides is 2. The molecule has 162 valence electrons. The van der Waals surface area contributed by atoms with Gasteiger partial charge < -0.3 is 15.0 Å². The molecule has 0 spiro atoms. The van der Waals surface area contributed by atoms with E-state index in [-0.39, 0.29) is 24.2 Å². The van der Waals surface area contributed by atoms with Gasteiger partial charge in [0.2, 0.25) is 5.91 Å². The standard InChI is InChI=1S/C24H31FN2O3/c1-6-21(23(29)26-24(3,4)5)27(15-18-9-7-8-17(2)14-18)22(28)16-30-20-12-10-19(25)11-13-20/h7-14,21H,6,15-16H2,1-5H3,(H,26,29)/t21-/m0/s1. The molecule has 2 rings (SSSR count). The Morgan fingerprint density at radius 2 is 1.80 bits per heavy atom. The van der Waals surface area contributed by atoms with Crippen LogP contribution in [0.2, 0.25) is 0 Å². The Hall–Kier alpha value is -2.89. The minimum atomic E-state index is -0.631. The SMILES string of the molecule is CC[C@@H](C(=O)NC(C)(C)C)N(Cc1cccc(C)c1)C(=O)COc1ccc(F)cc1. The highest BCUT2D eigenvalue weighted by molar-refractivity contribution is 5.88. The molecule has 2 aromatic carbocycles. The van der Waals surface area contributed by atoms with Crippen LogP contribution >= 0.6 is 0 Å². The summed E-state index contributed by atoms with van der Waals surface area (Å²) in [6.07, 6.45) is 0.468. The Balaban J connectivity index is 2.22. The van der Waals surface area contributed by atoms with Gasteiger partial charge in [0.1, 0.15) is 17.6 Å². The molecular weight excluding hydrogens is 383 g/mol. The summed E-state index contributed by atoms with van der Waals surface area (Å²) in [6, 6.07) is 12.7. The summed E-state index contributed by atoms with van der Waals surface area (Å²) in [5.41, 5.74) is 1.61. The fourth-order valence-electron chi connectivity index (χ4n) is 3.14. The van der Waals surface area contributed by atoms with Crippen molar-refractivity contribution in [2.24, 2.45) is 0 Å². The first kappa shape index (κ1) is 23.4. The van der Waals surface area contributed by atoms with Crippen LogP contribution < -0.4 is 10.1 Å². The molecule has 0 aromatic heterocycles. The summed E-state index contributed by atoms with van der Waals surface area (Å²) in [4.78, 5) is 27.6. The van der Waals surface area contributed by atoms with E-state index < -0.39 is 11.6 Å². The van der Waals surface area contributed by atoms with E-state index in [9.17, 15) is 14.0 Å². The second-order valence-corrected chi connectivity index (χ2v) is 8.42. The predicted molar refractivity (Wildman–Crippen MR) is 116 cm³/mol. The number of halogens is 1. The van der Waals surface area contributed by atoms with Gasteiger partial charge in [0.05, 0.1) is 0 Å². The van der Waals surface area contributed by atoms with Crippen LogP contribution in [0.25, 0.3) is 0 Å². The Bertz CT molecular complexity index is 859. The van der Waals surface area contributed by atoms with E-state index >= 15 is 0 Å². The van der Waals surface area contributed by atoms with Gasteiger partial charge in [-0.05, 0) is 63.9 Å². The lowest BCUT2D eigenvalue weighted by molar-refractivity contribution is -0.143. The number of ether oxygens (including phenoxy) is 1. The Labute approximate surface area is 178 Å². The first-order valence-electron chi connectivity index (χ1n) is 10.1. The third-order valence-electron chi connectivity index (χ3n) is 4.50. The van der Waals surface area contributed by atoms with Gasteiger partial charge >= 0.3 is 0 Å². The summed E-state index contributed by atoms with van der Waals surface area (Å²) in [5.74, 6) is -0.489. The summed E-state index contributed by atoms with van der Waals surface area (Å²) >= 11 is 0. The molecule has 6 heteroatoms. The molecule has 0 aliphatic heterocycles. The van der Waals surface area contributed by atoms with Crippen molar-refractivity contribution >= 4 is 11.8 Å². The van der Waals surface area contributed by atoms with Gasteiger partial charge in [-0.15, -0.1) is 0 Å². The third kappa shape index (κ3) is 7.17. The summed E-state index contributed by atoms with van der Waals surface area (Å²) < 4.78 is 18.6. The maximum absolute atomic E-state index is 13.1. The van der Waals surface area contributed by atoms with Crippen molar-refractivity contribution in [2.45, 2.75) is 59.2 Å². The highest BCUT2D eigenvalue weighted by atomic mass is 19.1. The van der Waals surface area contributed by atoms with Crippen molar-refractivity contribution < 1.29 is 18.7 Å². The van der Waals surface area contributed by atoms with Crippen LogP contribution in [-0.2, 0) is 16.1 Å². The van der Waals surface area contributed by atoms with Gasteiger partial charge in [0, 0.05) is 12.1 Å². The van der Waals surface area contributed by atoms with Gasteiger partial charge in [-0.2, -0.15) is 0 Å². The van der Waals surface area contributed by atoms with Crippen molar-refractivity contribution in [1.82, 2.24) is 10.2 Å². The highest BCUT2D eigenvalue weighted by Crippen LogP contribution is 2.16. The Kier molecular flexibility index (Phi) is 7.98. The minimum absolute atomic E-state index is 0.201. The van der Waals surface area contributed by atoms with Crippen LogP contribution in [0.1, 0.15) is 45.2 Å². The number of carbonyl (C=O) groups excluding carboxylic acids is 2. The van der Waals surface area contributed by atoms with Crippen LogP contribution in [-0.4, -0.2) is 34.9 Å². The zero-order chi connectivity index (χ0) is 22.3. The Morgan fingerprint density at radius 1 is 1.13 bits per heavy atom. The number of benzene rings is 2. The lowest BCUT2D eigenvalue weighted by Gasteiger charge is -2.33. The van der Waals surface area contributed by atoms with E-state index in [1.165, 1.54) is 24.3 Å². The first-order valence-corrected chi connectivity index (χ1v) is 10.1.